The molecule has 34 heavy (non-hydrogen) atoms. The maximum atomic E-state index is 13.2. The van der Waals surface area contributed by atoms with Gasteiger partial charge >= 0.3 is 12.0 Å². The summed E-state index contributed by atoms with van der Waals surface area (Å²) in [6.07, 6.45) is 6.17. The molecule has 3 N–H and O–H groups in total. The topological polar surface area (TPSA) is 126 Å². The first-order valence-electron chi connectivity index (χ1n) is 10.7. The summed E-state index contributed by atoms with van der Waals surface area (Å²) in [7, 11) is 1.37. The molecule has 1 fully saturated rings. The second-order valence-corrected chi connectivity index (χ2v) is 7.83. The van der Waals surface area contributed by atoms with Gasteiger partial charge in [0.15, 0.2) is 6.61 Å². The Kier molecular flexibility index (Phi) is 6.58. The minimum Gasteiger partial charge on any atom is -0.495 e. The average molecular weight is 466 g/mol. The average Bonchev–Trinajstić information content (AvgIpc) is 3.18. The zero-order chi connectivity index (χ0) is 24.2. The maximum Gasteiger partial charge on any atom is 0.342 e. The van der Waals surface area contributed by atoms with Gasteiger partial charge in [-0.15, -0.1) is 0 Å². The molecule has 0 aliphatic heterocycles. The summed E-state index contributed by atoms with van der Waals surface area (Å²) in [5.41, 5.74) is 6.83. The minimum atomic E-state index is -0.823. The molecule has 176 valence electrons. The number of aromatic nitrogens is 2. The van der Waals surface area contributed by atoms with E-state index >= 15 is 0 Å². The number of rotatable bonds is 7. The second kappa shape index (κ2) is 9.74. The Balaban J connectivity index is 1.66. The number of nitrogens with zero attached hydrogens (tertiary/aromatic N) is 2. The number of ether oxygens (including phenoxy) is 2. The van der Waals surface area contributed by atoms with E-state index in [-0.39, 0.29) is 29.1 Å². The summed E-state index contributed by atoms with van der Waals surface area (Å²) >= 11 is 0. The third-order valence-corrected chi connectivity index (χ3v) is 5.57. The van der Waals surface area contributed by atoms with Gasteiger partial charge in [0.1, 0.15) is 17.1 Å². The van der Waals surface area contributed by atoms with E-state index in [4.69, 9.17) is 15.2 Å². The maximum absolute atomic E-state index is 13.2. The fourth-order valence-corrected chi connectivity index (χ4v) is 3.65. The monoisotopic (exact) mass is 466 g/mol. The predicted molar refractivity (Wildman–Crippen MR) is 123 cm³/mol. The number of carbonyl (C=O) groups is 3. The molecule has 0 bridgehead atoms. The molecule has 1 heterocycles. The molecule has 9 nitrogen and oxygen atoms in total. The van der Waals surface area contributed by atoms with E-state index in [1.807, 2.05) is 0 Å². The van der Waals surface area contributed by atoms with Crippen molar-refractivity contribution in [2.45, 2.75) is 25.3 Å². The highest BCUT2D eigenvalue weighted by Crippen LogP contribution is 2.34. The lowest BCUT2D eigenvalue weighted by molar-refractivity contribution is -0.125. The van der Waals surface area contributed by atoms with Crippen LogP contribution in [0.5, 0.6) is 5.75 Å². The van der Waals surface area contributed by atoms with Crippen molar-refractivity contribution in [3.63, 3.8) is 0 Å². The molecule has 0 spiro atoms. The Bertz CT molecular complexity index is 1280. The predicted octanol–water partition coefficient (Wildman–Crippen LogP) is 3.11. The number of nitrogens with two attached hydrogens (primary N) is 1. The number of hydrogen-bond donors (Lipinski definition) is 2. The molecule has 1 aromatic heterocycles. The van der Waals surface area contributed by atoms with Crippen molar-refractivity contribution in [2.75, 3.05) is 13.7 Å². The Morgan fingerprint density at radius 2 is 1.91 bits per heavy atom. The number of benzene rings is 2. The van der Waals surface area contributed by atoms with E-state index in [0.717, 1.165) is 23.9 Å². The molecule has 10 heteroatoms. The van der Waals surface area contributed by atoms with Crippen LogP contribution < -0.4 is 15.8 Å². The molecule has 2 amide bonds. The standard InChI is InChI=1S/C24H23FN4O5/c1-33-22-17(23(31)34-13-20(30)27-16-3-2-4-16)10-12-19-21(22)18(28-29(19)24(26)32)11-7-14-5-8-15(25)9-6-14/h5-12,16H,2-4,13H2,1H3,(H2,26,32)(H,27,30). The highest BCUT2D eigenvalue weighted by molar-refractivity contribution is 6.06. The van der Waals surface area contributed by atoms with Crippen molar-refractivity contribution in [3.8, 4) is 5.75 Å². The SMILES string of the molecule is COc1c(C(=O)OCC(=O)NC2CCC2)ccc2c1c(C=Cc1ccc(F)cc1)nn2C(N)=O. The zero-order valence-electron chi connectivity index (χ0n) is 18.4. The third kappa shape index (κ3) is 4.75. The van der Waals surface area contributed by atoms with Crippen LogP contribution in [0.1, 0.15) is 40.9 Å². The third-order valence-electron chi connectivity index (χ3n) is 5.57. The molecule has 1 saturated carbocycles. The number of amides is 2. The van der Waals surface area contributed by atoms with Crippen LogP contribution in [-0.4, -0.2) is 47.4 Å². The van der Waals surface area contributed by atoms with Gasteiger partial charge in [0.2, 0.25) is 0 Å². The number of esters is 1. The lowest BCUT2D eigenvalue weighted by atomic mass is 9.93. The summed E-state index contributed by atoms with van der Waals surface area (Å²) in [6, 6.07) is 8.01. The Morgan fingerprint density at radius 1 is 1.18 bits per heavy atom. The molecule has 2 aromatic carbocycles. The lowest BCUT2D eigenvalue weighted by Gasteiger charge is -2.26. The van der Waals surface area contributed by atoms with Crippen molar-refractivity contribution in [1.82, 2.24) is 15.1 Å². The summed E-state index contributed by atoms with van der Waals surface area (Å²) < 4.78 is 24.8. The van der Waals surface area contributed by atoms with Gasteiger partial charge in [-0.1, -0.05) is 18.2 Å². The Hall–Kier alpha value is -4.21. The van der Waals surface area contributed by atoms with Gasteiger partial charge in [-0.25, -0.2) is 14.0 Å². The van der Waals surface area contributed by atoms with Crippen LogP contribution in [0.15, 0.2) is 36.4 Å². The molecule has 4 rings (SSSR count). The van der Waals surface area contributed by atoms with Gasteiger partial charge in [0, 0.05) is 6.04 Å². The van der Waals surface area contributed by atoms with E-state index in [1.54, 1.807) is 24.3 Å². The van der Waals surface area contributed by atoms with Gasteiger partial charge in [0.25, 0.3) is 5.91 Å². The van der Waals surface area contributed by atoms with E-state index in [0.29, 0.717) is 22.2 Å². The summed E-state index contributed by atoms with van der Waals surface area (Å²) in [5.74, 6) is -1.38. The lowest BCUT2D eigenvalue weighted by Crippen LogP contribution is -2.41. The number of carbonyl (C=O) groups excluding carboxylic acids is 3. The fourth-order valence-electron chi connectivity index (χ4n) is 3.65. The van der Waals surface area contributed by atoms with Crippen molar-refractivity contribution in [3.05, 3.63) is 59.0 Å². The number of primary amides is 1. The van der Waals surface area contributed by atoms with Crippen LogP contribution >= 0.6 is 0 Å². The number of halogens is 1. The van der Waals surface area contributed by atoms with Crippen molar-refractivity contribution < 1.29 is 28.2 Å². The molecule has 0 atom stereocenters. The van der Waals surface area contributed by atoms with Crippen LogP contribution in [0.4, 0.5) is 9.18 Å². The number of nitrogens with one attached hydrogen (secondary N) is 1. The molecule has 0 unspecified atom stereocenters. The highest BCUT2D eigenvalue weighted by atomic mass is 19.1. The molecule has 3 aromatic rings. The van der Waals surface area contributed by atoms with E-state index in [1.165, 1.54) is 31.4 Å². The molecular weight excluding hydrogens is 443 g/mol. The van der Waals surface area contributed by atoms with Crippen molar-refractivity contribution >= 4 is 41.0 Å². The Labute approximate surface area is 194 Å². The summed E-state index contributed by atoms with van der Waals surface area (Å²) in [5, 5.41) is 7.39. The van der Waals surface area contributed by atoms with Crippen LogP contribution in [-0.2, 0) is 9.53 Å². The molecular formula is C24H23FN4O5. The summed E-state index contributed by atoms with van der Waals surface area (Å²) in [6.45, 7) is -0.422. The normalized spacial score (nSPS) is 13.6. The van der Waals surface area contributed by atoms with E-state index in [2.05, 4.69) is 10.4 Å². The van der Waals surface area contributed by atoms with Crippen LogP contribution in [0.3, 0.4) is 0 Å². The number of methoxy groups -OCH3 is 1. The van der Waals surface area contributed by atoms with Crippen LogP contribution in [0.25, 0.3) is 23.1 Å². The first-order valence-corrected chi connectivity index (χ1v) is 10.7. The molecule has 0 radical (unpaired) electrons. The smallest absolute Gasteiger partial charge is 0.342 e. The van der Waals surface area contributed by atoms with Crippen molar-refractivity contribution in [1.29, 1.82) is 0 Å². The number of fused-ring (bicyclic) bond motifs is 1. The number of hydrogen-bond acceptors (Lipinski definition) is 6. The highest BCUT2D eigenvalue weighted by Gasteiger charge is 2.24. The molecule has 1 aliphatic carbocycles. The van der Waals surface area contributed by atoms with E-state index in [9.17, 15) is 18.8 Å². The Morgan fingerprint density at radius 3 is 2.53 bits per heavy atom. The first kappa shape index (κ1) is 23.0. The largest absolute Gasteiger partial charge is 0.495 e. The van der Waals surface area contributed by atoms with Gasteiger partial charge in [0.05, 0.1) is 23.7 Å². The molecule has 1 aliphatic rings. The van der Waals surface area contributed by atoms with Crippen LogP contribution in [0, 0.1) is 5.82 Å². The van der Waals surface area contributed by atoms with Gasteiger partial charge in [-0.05, 0) is 55.2 Å². The van der Waals surface area contributed by atoms with Gasteiger partial charge < -0.3 is 20.5 Å². The van der Waals surface area contributed by atoms with Crippen molar-refractivity contribution in [2.24, 2.45) is 5.73 Å². The first-order chi connectivity index (χ1) is 16.4. The quantitative estimate of drug-likeness (QED) is 0.516. The fraction of sp³-hybridized carbons (Fsp3) is 0.250. The summed E-state index contributed by atoms with van der Waals surface area (Å²) in [4.78, 5) is 36.7. The van der Waals surface area contributed by atoms with Gasteiger partial charge in [-0.3, -0.25) is 4.79 Å². The zero-order valence-corrected chi connectivity index (χ0v) is 18.4. The minimum absolute atomic E-state index is 0.0619. The van der Waals surface area contributed by atoms with E-state index < -0.39 is 18.6 Å². The van der Waals surface area contributed by atoms with Crippen LogP contribution in [0.2, 0.25) is 0 Å². The molecule has 0 saturated heterocycles. The van der Waals surface area contributed by atoms with Gasteiger partial charge in [-0.2, -0.15) is 9.78 Å². The second-order valence-electron chi connectivity index (χ2n) is 7.83.